The highest BCUT2D eigenvalue weighted by atomic mass is 16.8. The molecule has 5 aliphatic rings. The number of carboxylic acids is 1. The summed E-state index contributed by atoms with van der Waals surface area (Å²) in [6.45, 7) is -3.28. The lowest BCUT2D eigenvalue weighted by atomic mass is 9.88. The number of nitrogens with one attached hydrogen (secondary N) is 2. The van der Waals surface area contributed by atoms with Gasteiger partial charge in [0.15, 0.2) is 25.2 Å². The highest BCUT2D eigenvalue weighted by molar-refractivity contribution is 5.77. The van der Waals surface area contributed by atoms with Crippen LogP contribution in [0.2, 0.25) is 0 Å². The summed E-state index contributed by atoms with van der Waals surface area (Å²) < 4.78 is 50.6. The van der Waals surface area contributed by atoms with Crippen molar-refractivity contribution in [1.82, 2.24) is 10.6 Å². The van der Waals surface area contributed by atoms with Gasteiger partial charge in [0, 0.05) is 20.3 Å². The van der Waals surface area contributed by atoms with Gasteiger partial charge in [-0.15, -0.1) is 0 Å². The Kier molecular flexibility index (Phi) is 19.7. The third-order valence-electron chi connectivity index (χ3n) is 12.1. The second-order valence-electron chi connectivity index (χ2n) is 16.8. The molecule has 0 saturated carbocycles. The maximum atomic E-state index is 13.1. The van der Waals surface area contributed by atoms with E-state index in [9.17, 15) is 101 Å². The van der Waals surface area contributed by atoms with Gasteiger partial charge in [0.05, 0.1) is 45.2 Å². The largest absolute Gasteiger partial charge is 0.477 e. The van der Waals surface area contributed by atoms with Gasteiger partial charge in [-0.2, -0.15) is 0 Å². The molecule has 2 amide bonds. The van der Waals surface area contributed by atoms with Crippen LogP contribution in [0.4, 0.5) is 0 Å². The van der Waals surface area contributed by atoms with Crippen molar-refractivity contribution in [2.45, 2.75) is 179 Å². The van der Waals surface area contributed by atoms with Gasteiger partial charge in [-0.3, -0.25) is 9.59 Å². The van der Waals surface area contributed by atoms with E-state index in [1.165, 1.54) is 0 Å². The van der Waals surface area contributed by atoms with E-state index < -0.39 is 216 Å². The van der Waals surface area contributed by atoms with E-state index in [4.69, 9.17) is 42.6 Å². The van der Waals surface area contributed by atoms with Crippen molar-refractivity contribution in [3.05, 3.63) is 0 Å². The van der Waals surface area contributed by atoms with Crippen molar-refractivity contribution in [3.8, 4) is 0 Å². The van der Waals surface area contributed by atoms with E-state index in [1.54, 1.807) is 0 Å². The smallest absolute Gasteiger partial charge is 0.364 e. The molecular formula is C37H62N2O29. The fourth-order valence-electron chi connectivity index (χ4n) is 8.54. The summed E-state index contributed by atoms with van der Waals surface area (Å²) >= 11 is 0. The maximum Gasteiger partial charge on any atom is 0.364 e. The van der Waals surface area contributed by atoms with Gasteiger partial charge >= 0.3 is 5.97 Å². The molecule has 0 radical (unpaired) electrons. The monoisotopic (exact) mass is 998 g/mol. The van der Waals surface area contributed by atoms with Crippen LogP contribution >= 0.6 is 0 Å². The van der Waals surface area contributed by atoms with Crippen LogP contribution in [0.25, 0.3) is 0 Å². The van der Waals surface area contributed by atoms with Gasteiger partial charge in [0.1, 0.15) is 116 Å². The van der Waals surface area contributed by atoms with Crippen LogP contribution in [0.5, 0.6) is 0 Å². The van der Waals surface area contributed by atoms with Gasteiger partial charge in [-0.05, 0) is 0 Å². The SMILES string of the molecule is CC(=O)N[C@H]1[C@H](O[C@H]2[C@@H](O)[C@@H](CO)O[C@H](O[C@@H]3[C@H](O)[C@@H](O)[C@H](O[C@H]4[C@H](O)[C@H](O)[C@H](O)O[C@@H]4CO)O[C@@H]3CO)[C@@H]2O)O[C@H](CO)[C@H](O)[C@@H]1O[C@]1(C(=O)O)C[C@H](O)[C@@H](NC(C)=O)[C@H]([C@H](O)[C@H](O)CO)O1. The first-order valence-corrected chi connectivity index (χ1v) is 21.2. The zero-order valence-electron chi connectivity index (χ0n) is 36.2. The van der Waals surface area contributed by atoms with Crippen LogP contribution in [-0.4, -0.2) is 297 Å². The van der Waals surface area contributed by atoms with Gasteiger partial charge in [0.2, 0.25) is 11.8 Å². The number of aliphatic hydroxyl groups excluding tert-OH is 16. The summed E-state index contributed by atoms with van der Waals surface area (Å²) in [5.41, 5.74) is 0. The zero-order chi connectivity index (χ0) is 50.7. The van der Waals surface area contributed by atoms with Crippen LogP contribution < -0.4 is 10.6 Å². The fourth-order valence-corrected chi connectivity index (χ4v) is 8.54. The van der Waals surface area contributed by atoms with Crippen molar-refractivity contribution < 1.29 is 144 Å². The molecule has 0 aliphatic carbocycles. The minimum atomic E-state index is -3.17. The Bertz CT molecular complexity index is 1650. The number of ether oxygens (including phenoxy) is 9. The standard InChI is InChI=1S/C37H62N2O29/c1-9(45)38-17-11(47)3-37(36(58)59,67-29(17)19(49)12(48)4-40)68-30-18(39-10(2)46)33(61-13(5-41)20(30)50)66-31-21(51)14(6-42)62-35(26(31)56)65-28-16(8-44)63-34(25(55)23(28)53)64-27-15(7-43)60-32(57)24(54)22(27)52/h11-35,40-44,47-57H,3-8H2,1-2H3,(H,38,45)(H,39,46)(H,58,59)/t11-,12+,13+,14+,15+,16+,17+,18+,19+,20-,21-,22+,23+,24-,25+,26+,27+,28-,29+,30+,31-,32+,33-,34-,35+,37-/m0/s1. The Hall–Kier alpha value is -2.59. The van der Waals surface area contributed by atoms with Crippen LogP contribution in [-0.2, 0) is 57.0 Å². The molecule has 26 atom stereocenters. The van der Waals surface area contributed by atoms with Crippen molar-refractivity contribution in [1.29, 1.82) is 0 Å². The Labute approximate surface area is 384 Å². The Morgan fingerprint density at radius 3 is 1.54 bits per heavy atom. The lowest BCUT2D eigenvalue weighted by molar-refractivity contribution is -0.389. The van der Waals surface area contributed by atoms with Crippen molar-refractivity contribution in [3.63, 3.8) is 0 Å². The number of carbonyl (C=O) groups excluding carboxylic acids is 2. The molecule has 68 heavy (non-hydrogen) atoms. The number of carboxylic acid groups (broad SMARTS) is 1. The number of carbonyl (C=O) groups is 3. The molecule has 5 heterocycles. The number of hydrogen-bond donors (Lipinski definition) is 19. The first kappa shape index (κ1) is 56.3. The summed E-state index contributed by atoms with van der Waals surface area (Å²) in [7, 11) is 0. The first-order chi connectivity index (χ1) is 32.0. The zero-order valence-corrected chi connectivity index (χ0v) is 36.2. The lowest BCUT2D eigenvalue weighted by Gasteiger charge is -2.52. The van der Waals surface area contributed by atoms with Crippen LogP contribution in [0.1, 0.15) is 20.3 Å². The number of rotatable bonds is 18. The van der Waals surface area contributed by atoms with Crippen molar-refractivity contribution in [2.75, 3.05) is 33.0 Å². The molecule has 31 heteroatoms. The number of aliphatic hydroxyl groups is 16. The fraction of sp³-hybridized carbons (Fsp3) is 0.919. The summed E-state index contributed by atoms with van der Waals surface area (Å²) in [5, 5.41) is 185. The molecule has 5 fully saturated rings. The van der Waals surface area contributed by atoms with Crippen molar-refractivity contribution >= 4 is 17.8 Å². The molecule has 31 nitrogen and oxygen atoms in total. The average Bonchev–Trinajstić information content (AvgIpc) is 3.29. The molecule has 394 valence electrons. The van der Waals surface area contributed by atoms with E-state index in [-0.39, 0.29) is 0 Å². The van der Waals surface area contributed by atoms with Gasteiger partial charge in [-0.25, -0.2) is 4.79 Å². The normalized spacial score (nSPS) is 46.6. The van der Waals surface area contributed by atoms with E-state index >= 15 is 0 Å². The summed E-state index contributed by atoms with van der Waals surface area (Å²) in [5.74, 6) is -7.00. The molecule has 0 aromatic heterocycles. The summed E-state index contributed by atoms with van der Waals surface area (Å²) in [4.78, 5) is 37.8. The number of aliphatic carboxylic acids is 1. The first-order valence-electron chi connectivity index (χ1n) is 21.2. The third kappa shape index (κ3) is 11.8. The Balaban J connectivity index is 1.42. The molecule has 0 aromatic carbocycles. The quantitative estimate of drug-likeness (QED) is 0.0606. The second kappa shape index (κ2) is 23.8. The average molecular weight is 999 g/mol. The van der Waals surface area contributed by atoms with E-state index in [0.717, 1.165) is 13.8 Å². The molecule has 5 rings (SSSR count). The minimum Gasteiger partial charge on any atom is -0.477 e. The summed E-state index contributed by atoms with van der Waals surface area (Å²) in [6, 6.07) is -3.61. The molecule has 0 unspecified atom stereocenters. The van der Waals surface area contributed by atoms with E-state index in [1.807, 2.05) is 0 Å². The third-order valence-corrected chi connectivity index (χ3v) is 12.1. The second-order valence-corrected chi connectivity index (χ2v) is 16.8. The van der Waals surface area contributed by atoms with Crippen molar-refractivity contribution in [2.24, 2.45) is 0 Å². The molecule has 5 aliphatic heterocycles. The number of hydrogen-bond acceptors (Lipinski definition) is 28. The van der Waals surface area contributed by atoms with E-state index in [2.05, 4.69) is 10.6 Å². The molecule has 0 spiro atoms. The summed E-state index contributed by atoms with van der Waals surface area (Å²) in [6.07, 6.45) is -47.0. The van der Waals surface area contributed by atoms with Crippen LogP contribution in [0, 0.1) is 0 Å². The van der Waals surface area contributed by atoms with Crippen LogP contribution in [0.3, 0.4) is 0 Å². The van der Waals surface area contributed by atoms with E-state index in [0.29, 0.717) is 0 Å². The highest BCUT2D eigenvalue weighted by Crippen LogP contribution is 2.39. The lowest BCUT2D eigenvalue weighted by Crippen LogP contribution is -2.72. The van der Waals surface area contributed by atoms with Gasteiger partial charge in [0.25, 0.3) is 5.79 Å². The molecule has 19 N–H and O–H groups in total. The predicted molar refractivity (Wildman–Crippen MR) is 207 cm³/mol. The highest BCUT2D eigenvalue weighted by Gasteiger charge is 2.61. The minimum absolute atomic E-state index is 0.816. The molecular weight excluding hydrogens is 936 g/mol. The number of amides is 2. The maximum absolute atomic E-state index is 13.1. The Morgan fingerprint density at radius 2 is 1.03 bits per heavy atom. The molecule has 0 bridgehead atoms. The van der Waals surface area contributed by atoms with Gasteiger partial charge < -0.3 is 140 Å². The molecule has 0 aromatic rings. The molecule has 5 saturated heterocycles. The Morgan fingerprint density at radius 1 is 0.574 bits per heavy atom. The van der Waals surface area contributed by atoms with Gasteiger partial charge in [-0.1, -0.05) is 0 Å². The van der Waals surface area contributed by atoms with Crippen LogP contribution in [0.15, 0.2) is 0 Å². The predicted octanol–water partition coefficient (Wildman–Crippen LogP) is -12.4. The topological polar surface area (TPSA) is 502 Å².